The molecule has 0 aromatic rings. The molecule has 1 aliphatic heterocycles. The molecule has 2 fully saturated rings. The number of carbonyl (C=O) groups excluding carboxylic acids is 1. The Kier molecular flexibility index (Phi) is 2.54. The van der Waals surface area contributed by atoms with E-state index in [4.69, 9.17) is 0 Å². The van der Waals surface area contributed by atoms with Crippen LogP contribution in [0.3, 0.4) is 0 Å². The molecule has 1 saturated heterocycles. The summed E-state index contributed by atoms with van der Waals surface area (Å²) in [6, 6.07) is 0. The lowest BCUT2D eigenvalue weighted by Gasteiger charge is -2.16. The normalized spacial score (nSPS) is 23.5. The average molecular weight is 195 g/mol. The van der Waals surface area contributed by atoms with Crippen molar-refractivity contribution in [1.82, 2.24) is 4.90 Å². The number of hydrogen-bond acceptors (Lipinski definition) is 1. The molecule has 1 saturated carbocycles. The van der Waals surface area contributed by atoms with Gasteiger partial charge in [-0.1, -0.05) is 13.8 Å². The molecule has 1 amide bonds. The van der Waals surface area contributed by atoms with Gasteiger partial charge in [-0.25, -0.2) is 0 Å². The van der Waals surface area contributed by atoms with Crippen molar-refractivity contribution in [3.05, 3.63) is 0 Å². The highest BCUT2D eigenvalue weighted by atomic mass is 16.2. The van der Waals surface area contributed by atoms with Gasteiger partial charge in [-0.05, 0) is 37.0 Å². The lowest BCUT2D eigenvalue weighted by Crippen LogP contribution is -2.28. The maximum atomic E-state index is 11.8. The van der Waals surface area contributed by atoms with Crippen LogP contribution in [-0.4, -0.2) is 23.9 Å². The zero-order chi connectivity index (χ0) is 10.2. The molecule has 14 heavy (non-hydrogen) atoms. The Hall–Kier alpha value is -0.530. The molecule has 1 aliphatic carbocycles. The number of rotatable bonds is 3. The number of hydrogen-bond donors (Lipinski definition) is 0. The van der Waals surface area contributed by atoms with E-state index in [1.165, 1.54) is 19.3 Å². The molecule has 0 aromatic heterocycles. The predicted octanol–water partition coefficient (Wildman–Crippen LogP) is 2.44. The fourth-order valence-electron chi connectivity index (χ4n) is 2.30. The number of likely N-dealkylation sites (tertiary alicyclic amines) is 1. The largest absolute Gasteiger partial charge is 0.342 e. The van der Waals surface area contributed by atoms with Crippen molar-refractivity contribution in [3.8, 4) is 0 Å². The number of amides is 1. The van der Waals surface area contributed by atoms with Crippen molar-refractivity contribution < 1.29 is 4.79 Å². The molecule has 0 N–H and O–H groups in total. The summed E-state index contributed by atoms with van der Waals surface area (Å²) in [7, 11) is 0. The molecule has 2 nitrogen and oxygen atoms in total. The van der Waals surface area contributed by atoms with Gasteiger partial charge in [-0.15, -0.1) is 0 Å². The van der Waals surface area contributed by atoms with Crippen LogP contribution in [0.2, 0.25) is 0 Å². The van der Waals surface area contributed by atoms with Gasteiger partial charge in [-0.3, -0.25) is 4.79 Å². The Balaban J connectivity index is 1.76. The third-order valence-electron chi connectivity index (χ3n) is 3.68. The van der Waals surface area contributed by atoms with E-state index in [2.05, 4.69) is 18.7 Å². The zero-order valence-electron chi connectivity index (χ0n) is 9.38. The quantitative estimate of drug-likeness (QED) is 0.677. The number of nitrogens with zero attached hydrogens (tertiary/aromatic N) is 1. The summed E-state index contributed by atoms with van der Waals surface area (Å²) in [6.45, 7) is 6.44. The first-order valence-corrected chi connectivity index (χ1v) is 5.89. The first kappa shape index (κ1) is 10.0. The van der Waals surface area contributed by atoms with Gasteiger partial charge in [0, 0.05) is 19.5 Å². The SMILES string of the molecule is CC(C)CCC(=O)N1CCC2(CC2)C1. The molecular formula is C12H21NO. The van der Waals surface area contributed by atoms with E-state index in [1.54, 1.807) is 0 Å². The molecule has 0 radical (unpaired) electrons. The summed E-state index contributed by atoms with van der Waals surface area (Å²) in [4.78, 5) is 13.9. The van der Waals surface area contributed by atoms with Crippen molar-refractivity contribution >= 4 is 5.91 Å². The molecule has 0 atom stereocenters. The van der Waals surface area contributed by atoms with E-state index >= 15 is 0 Å². The monoisotopic (exact) mass is 195 g/mol. The smallest absolute Gasteiger partial charge is 0.222 e. The van der Waals surface area contributed by atoms with Gasteiger partial charge < -0.3 is 4.90 Å². The highest BCUT2D eigenvalue weighted by Crippen LogP contribution is 2.52. The van der Waals surface area contributed by atoms with Crippen LogP contribution < -0.4 is 0 Å². The summed E-state index contributed by atoms with van der Waals surface area (Å²) in [5.74, 6) is 1.04. The highest BCUT2D eigenvalue weighted by molar-refractivity contribution is 5.76. The maximum Gasteiger partial charge on any atom is 0.222 e. The van der Waals surface area contributed by atoms with Crippen LogP contribution in [0.1, 0.15) is 46.0 Å². The predicted molar refractivity (Wildman–Crippen MR) is 56.9 cm³/mol. The third kappa shape index (κ3) is 2.10. The minimum Gasteiger partial charge on any atom is -0.342 e. The second-order valence-corrected chi connectivity index (χ2v) is 5.50. The molecule has 1 spiro atoms. The average Bonchev–Trinajstić information content (AvgIpc) is 2.73. The zero-order valence-corrected chi connectivity index (χ0v) is 9.38. The number of carbonyl (C=O) groups is 1. The maximum absolute atomic E-state index is 11.8. The molecule has 0 bridgehead atoms. The standard InChI is InChI=1S/C12H21NO/c1-10(2)3-4-11(14)13-8-7-12(9-13)5-6-12/h10H,3-9H2,1-2H3. The van der Waals surface area contributed by atoms with Gasteiger partial charge in [0.15, 0.2) is 0 Å². The first-order chi connectivity index (χ1) is 6.61. The Labute approximate surface area is 86.7 Å². The second kappa shape index (κ2) is 3.56. The summed E-state index contributed by atoms with van der Waals surface area (Å²) in [6.07, 6.45) is 5.79. The van der Waals surface area contributed by atoms with Gasteiger partial charge in [0.05, 0.1) is 0 Å². The fourth-order valence-corrected chi connectivity index (χ4v) is 2.30. The molecule has 2 rings (SSSR count). The van der Waals surface area contributed by atoms with E-state index in [0.717, 1.165) is 25.9 Å². The van der Waals surface area contributed by atoms with Crippen LogP contribution >= 0.6 is 0 Å². The Morgan fingerprint density at radius 1 is 1.36 bits per heavy atom. The lowest BCUT2D eigenvalue weighted by molar-refractivity contribution is -0.130. The van der Waals surface area contributed by atoms with Crippen molar-refractivity contribution in [1.29, 1.82) is 0 Å². The summed E-state index contributed by atoms with van der Waals surface area (Å²) < 4.78 is 0. The molecule has 2 aliphatic rings. The van der Waals surface area contributed by atoms with Crippen LogP contribution in [0.4, 0.5) is 0 Å². The van der Waals surface area contributed by atoms with Gasteiger partial charge >= 0.3 is 0 Å². The molecule has 2 heteroatoms. The van der Waals surface area contributed by atoms with Gasteiger partial charge in [0.2, 0.25) is 5.91 Å². The van der Waals surface area contributed by atoms with Crippen molar-refractivity contribution in [2.75, 3.05) is 13.1 Å². The highest BCUT2D eigenvalue weighted by Gasteiger charge is 2.48. The minimum absolute atomic E-state index is 0.391. The molecule has 1 heterocycles. The van der Waals surface area contributed by atoms with E-state index in [9.17, 15) is 4.79 Å². The van der Waals surface area contributed by atoms with E-state index in [-0.39, 0.29) is 0 Å². The molecule has 80 valence electrons. The van der Waals surface area contributed by atoms with Crippen LogP contribution in [-0.2, 0) is 4.79 Å². The minimum atomic E-state index is 0.391. The van der Waals surface area contributed by atoms with Crippen LogP contribution in [0.25, 0.3) is 0 Å². The fraction of sp³-hybridized carbons (Fsp3) is 0.917. The van der Waals surface area contributed by atoms with Gasteiger partial charge in [-0.2, -0.15) is 0 Å². The summed E-state index contributed by atoms with van der Waals surface area (Å²) in [5.41, 5.74) is 0.591. The third-order valence-corrected chi connectivity index (χ3v) is 3.68. The Morgan fingerprint density at radius 3 is 2.57 bits per heavy atom. The van der Waals surface area contributed by atoms with Gasteiger partial charge in [0.1, 0.15) is 0 Å². The van der Waals surface area contributed by atoms with Crippen molar-refractivity contribution in [3.63, 3.8) is 0 Å². The summed E-state index contributed by atoms with van der Waals surface area (Å²) >= 11 is 0. The molecular weight excluding hydrogens is 174 g/mol. The van der Waals surface area contributed by atoms with Crippen molar-refractivity contribution in [2.45, 2.75) is 46.0 Å². The van der Waals surface area contributed by atoms with E-state index in [1.807, 2.05) is 0 Å². The topological polar surface area (TPSA) is 20.3 Å². The van der Waals surface area contributed by atoms with E-state index in [0.29, 0.717) is 17.2 Å². The van der Waals surface area contributed by atoms with Gasteiger partial charge in [0.25, 0.3) is 0 Å². The van der Waals surface area contributed by atoms with Crippen LogP contribution in [0.15, 0.2) is 0 Å². The van der Waals surface area contributed by atoms with Crippen LogP contribution in [0.5, 0.6) is 0 Å². The first-order valence-electron chi connectivity index (χ1n) is 5.89. The lowest BCUT2D eigenvalue weighted by atomic mass is 10.1. The Morgan fingerprint density at radius 2 is 2.07 bits per heavy atom. The van der Waals surface area contributed by atoms with Crippen LogP contribution in [0, 0.1) is 11.3 Å². The molecule has 0 aromatic carbocycles. The second-order valence-electron chi connectivity index (χ2n) is 5.50. The van der Waals surface area contributed by atoms with Crippen molar-refractivity contribution in [2.24, 2.45) is 11.3 Å². The summed E-state index contributed by atoms with van der Waals surface area (Å²) in [5, 5.41) is 0. The van der Waals surface area contributed by atoms with E-state index < -0.39 is 0 Å². The molecule has 0 unspecified atom stereocenters. The Bertz CT molecular complexity index is 230.